The summed E-state index contributed by atoms with van der Waals surface area (Å²) in [7, 11) is 3.15. The van der Waals surface area contributed by atoms with Gasteiger partial charge in [0.15, 0.2) is 5.69 Å². The summed E-state index contributed by atoms with van der Waals surface area (Å²) in [5, 5.41) is 3.79. The average Bonchev–Trinajstić information content (AvgIpc) is 3.00. The van der Waals surface area contributed by atoms with E-state index in [0.29, 0.717) is 17.3 Å². The van der Waals surface area contributed by atoms with Gasteiger partial charge in [-0.3, -0.25) is 0 Å². The minimum atomic E-state index is -4.62. The zero-order chi connectivity index (χ0) is 18.9. The third-order valence-electron chi connectivity index (χ3n) is 3.27. The normalized spacial score (nSPS) is 11.5. The number of aromatic nitrogens is 4. The number of alkyl halides is 3. The largest absolute Gasteiger partial charge is 0.433 e. The van der Waals surface area contributed by atoms with E-state index < -0.39 is 17.9 Å². The molecular weight excluding hydrogens is 351 g/mol. The molecule has 7 nitrogen and oxygen atoms in total. The van der Waals surface area contributed by atoms with Crippen molar-refractivity contribution in [2.45, 2.75) is 13.1 Å². The number of rotatable bonds is 4. The van der Waals surface area contributed by atoms with Gasteiger partial charge < -0.3 is 14.2 Å². The lowest BCUT2D eigenvalue weighted by Crippen LogP contribution is -2.16. The Balaban J connectivity index is 1.94. The van der Waals surface area contributed by atoms with E-state index in [1.165, 1.54) is 4.90 Å². The number of hydrogen-bond donors (Lipinski definition) is 0. The van der Waals surface area contributed by atoms with Crippen molar-refractivity contribution in [3.8, 4) is 23.1 Å². The molecule has 0 spiro atoms. The zero-order valence-corrected chi connectivity index (χ0v) is 14.1. The minimum absolute atomic E-state index is 0.0762. The van der Waals surface area contributed by atoms with Crippen LogP contribution in [0, 0.1) is 6.92 Å². The molecule has 136 valence electrons. The van der Waals surface area contributed by atoms with E-state index in [4.69, 9.17) is 9.26 Å². The summed E-state index contributed by atoms with van der Waals surface area (Å²) < 4.78 is 49.5. The smallest absolute Gasteiger partial charge is 0.424 e. The van der Waals surface area contributed by atoms with E-state index >= 15 is 0 Å². The summed E-state index contributed by atoms with van der Waals surface area (Å²) in [6.45, 7) is 1.65. The van der Waals surface area contributed by atoms with Gasteiger partial charge in [0.25, 0.3) is 0 Å². The van der Waals surface area contributed by atoms with Crippen LogP contribution in [0.3, 0.4) is 0 Å². The van der Waals surface area contributed by atoms with E-state index in [1.807, 2.05) is 0 Å². The molecule has 0 saturated carbocycles. The molecule has 0 aliphatic rings. The maximum atomic E-state index is 13.0. The van der Waals surface area contributed by atoms with E-state index in [1.54, 1.807) is 45.3 Å². The Morgan fingerprint density at radius 1 is 1.08 bits per heavy atom. The molecule has 0 aliphatic carbocycles. The Labute approximate surface area is 146 Å². The molecule has 0 bridgehead atoms. The van der Waals surface area contributed by atoms with Crippen molar-refractivity contribution < 1.29 is 22.4 Å². The second-order valence-corrected chi connectivity index (χ2v) is 5.55. The van der Waals surface area contributed by atoms with E-state index in [-0.39, 0.29) is 11.6 Å². The highest BCUT2D eigenvalue weighted by atomic mass is 19.4. The Morgan fingerprint density at radius 2 is 1.85 bits per heavy atom. The molecule has 0 N–H and O–H groups in total. The third kappa shape index (κ3) is 3.90. The molecule has 10 heteroatoms. The fraction of sp³-hybridized carbons (Fsp3) is 0.250. The van der Waals surface area contributed by atoms with Gasteiger partial charge >= 0.3 is 12.2 Å². The van der Waals surface area contributed by atoms with Crippen LogP contribution in [-0.4, -0.2) is 34.2 Å². The van der Waals surface area contributed by atoms with Gasteiger partial charge in [-0.25, -0.2) is 0 Å². The number of nitrogens with zero attached hydrogens (tertiary/aromatic N) is 5. The second-order valence-electron chi connectivity index (χ2n) is 5.55. The Morgan fingerprint density at radius 3 is 2.46 bits per heavy atom. The minimum Gasteiger partial charge on any atom is -0.424 e. The first-order valence-corrected chi connectivity index (χ1v) is 7.44. The quantitative estimate of drug-likeness (QED) is 0.697. The maximum Gasteiger partial charge on any atom is 0.433 e. The van der Waals surface area contributed by atoms with Crippen LogP contribution in [-0.2, 0) is 6.18 Å². The number of aryl methyl sites for hydroxylation is 1. The van der Waals surface area contributed by atoms with Gasteiger partial charge in [-0.15, -0.1) is 0 Å². The van der Waals surface area contributed by atoms with Gasteiger partial charge in [-0.2, -0.15) is 28.1 Å². The SMILES string of the molecule is Cc1nc(-c2cccc(Oc3nc(N(C)C)cc(C(F)(F)F)n3)c2)no1. The lowest BCUT2D eigenvalue weighted by molar-refractivity contribution is -0.141. The van der Waals surface area contributed by atoms with Crippen molar-refractivity contribution in [1.29, 1.82) is 0 Å². The van der Waals surface area contributed by atoms with Gasteiger partial charge in [-0.05, 0) is 12.1 Å². The lowest BCUT2D eigenvalue weighted by atomic mass is 10.2. The van der Waals surface area contributed by atoms with E-state index in [9.17, 15) is 13.2 Å². The predicted molar refractivity (Wildman–Crippen MR) is 85.9 cm³/mol. The number of anilines is 1. The molecule has 26 heavy (non-hydrogen) atoms. The van der Waals surface area contributed by atoms with Crippen molar-refractivity contribution in [2.75, 3.05) is 19.0 Å². The van der Waals surface area contributed by atoms with Crippen LogP contribution in [0.15, 0.2) is 34.9 Å². The van der Waals surface area contributed by atoms with Crippen LogP contribution in [0.1, 0.15) is 11.6 Å². The maximum absolute atomic E-state index is 13.0. The highest BCUT2D eigenvalue weighted by molar-refractivity contribution is 5.57. The molecule has 3 rings (SSSR count). The zero-order valence-electron chi connectivity index (χ0n) is 14.1. The highest BCUT2D eigenvalue weighted by Crippen LogP contribution is 2.32. The van der Waals surface area contributed by atoms with Crippen molar-refractivity contribution in [1.82, 2.24) is 20.1 Å². The summed E-state index contributed by atoms with van der Waals surface area (Å²) in [5.74, 6) is 1.05. The number of halogens is 3. The molecule has 0 radical (unpaired) electrons. The van der Waals surface area contributed by atoms with Gasteiger partial charge in [0.05, 0.1) is 0 Å². The summed E-state index contributed by atoms with van der Waals surface area (Å²) in [6.07, 6.45) is -4.62. The van der Waals surface area contributed by atoms with Crippen molar-refractivity contribution >= 4 is 5.82 Å². The number of ether oxygens (including phenoxy) is 1. The monoisotopic (exact) mass is 365 g/mol. The van der Waals surface area contributed by atoms with Gasteiger partial charge in [0.1, 0.15) is 11.6 Å². The standard InChI is InChI=1S/C16H14F3N5O2/c1-9-20-14(23-26-9)10-5-4-6-11(7-10)25-15-21-12(16(17,18)19)8-13(22-15)24(2)3/h4-8H,1-3H3. The fourth-order valence-corrected chi connectivity index (χ4v) is 2.05. The summed E-state index contributed by atoms with van der Waals surface area (Å²) in [4.78, 5) is 13.0. The van der Waals surface area contributed by atoms with Gasteiger partial charge in [0, 0.05) is 32.6 Å². The van der Waals surface area contributed by atoms with Crippen LogP contribution in [0.4, 0.5) is 19.0 Å². The lowest BCUT2D eigenvalue weighted by Gasteiger charge is -2.15. The molecule has 1 aromatic carbocycles. The van der Waals surface area contributed by atoms with Crippen LogP contribution in [0.25, 0.3) is 11.4 Å². The fourth-order valence-electron chi connectivity index (χ4n) is 2.05. The molecule has 0 aliphatic heterocycles. The first-order valence-electron chi connectivity index (χ1n) is 7.44. The van der Waals surface area contributed by atoms with Crippen molar-refractivity contribution in [3.63, 3.8) is 0 Å². The molecule has 2 aromatic heterocycles. The second kappa shape index (κ2) is 6.62. The molecule has 0 unspecified atom stereocenters. The number of hydrogen-bond acceptors (Lipinski definition) is 7. The van der Waals surface area contributed by atoms with Crippen LogP contribution in [0.5, 0.6) is 11.8 Å². The molecule has 0 fully saturated rings. The summed E-state index contributed by atoms with van der Waals surface area (Å²) >= 11 is 0. The van der Waals surface area contributed by atoms with Crippen molar-refractivity contribution in [2.24, 2.45) is 0 Å². The summed E-state index contributed by atoms with van der Waals surface area (Å²) in [5.41, 5.74) is -0.504. The van der Waals surface area contributed by atoms with E-state index in [0.717, 1.165) is 6.07 Å². The molecule has 0 saturated heterocycles. The first-order chi connectivity index (χ1) is 12.2. The molecule has 2 heterocycles. The van der Waals surface area contributed by atoms with Crippen LogP contribution >= 0.6 is 0 Å². The highest BCUT2D eigenvalue weighted by Gasteiger charge is 2.34. The molecule has 3 aromatic rings. The number of benzene rings is 1. The Kier molecular flexibility index (Phi) is 4.49. The van der Waals surface area contributed by atoms with Crippen LogP contribution < -0.4 is 9.64 Å². The molecule has 0 atom stereocenters. The predicted octanol–water partition coefficient (Wildman–Crippen LogP) is 3.71. The van der Waals surface area contributed by atoms with E-state index in [2.05, 4.69) is 20.1 Å². The van der Waals surface area contributed by atoms with Gasteiger partial charge in [-0.1, -0.05) is 17.3 Å². The van der Waals surface area contributed by atoms with Crippen LogP contribution in [0.2, 0.25) is 0 Å². The topological polar surface area (TPSA) is 77.2 Å². The molecule has 0 amide bonds. The first kappa shape index (κ1) is 17.6. The van der Waals surface area contributed by atoms with Crippen molar-refractivity contribution in [3.05, 3.63) is 41.9 Å². The Bertz CT molecular complexity index is 924. The van der Waals surface area contributed by atoms with Gasteiger partial charge in [0.2, 0.25) is 11.7 Å². The average molecular weight is 365 g/mol. The Hall–Kier alpha value is -3.17. The molecular formula is C16H14F3N5O2. The summed E-state index contributed by atoms with van der Waals surface area (Å²) in [6, 6.07) is 6.93. The third-order valence-corrected chi connectivity index (χ3v) is 3.27.